The van der Waals surface area contributed by atoms with Crippen LogP contribution < -0.4 is 0 Å². The van der Waals surface area contributed by atoms with E-state index < -0.39 is 29.9 Å². The van der Waals surface area contributed by atoms with Gasteiger partial charge in [-0.3, -0.25) is 0 Å². The standard InChI is InChI=1S/C18H19BF2O3/c1-17(2)18(3,4)24-19(23-17)16(21)11-12-7-8-14(20)13(10-12)15-6-5-9-22-15/h5-11H,1-4H3. The SMILES string of the molecule is CC1(C)OB(C(F)=Cc2ccc(F)c(-c3ccco3)c2)OC1(C)C. The molecule has 0 radical (unpaired) electrons. The molecule has 0 aliphatic carbocycles. The molecule has 24 heavy (non-hydrogen) atoms. The van der Waals surface area contributed by atoms with Crippen LogP contribution in [0.3, 0.4) is 0 Å². The third-order valence-electron chi connectivity index (χ3n) is 4.56. The zero-order valence-electron chi connectivity index (χ0n) is 14.1. The molecule has 1 saturated heterocycles. The smallest absolute Gasteiger partial charge is 0.464 e. The van der Waals surface area contributed by atoms with Crippen LogP contribution in [0.2, 0.25) is 0 Å². The van der Waals surface area contributed by atoms with Crippen LogP contribution in [0.4, 0.5) is 8.78 Å². The average molecular weight is 332 g/mol. The second-order valence-corrected chi connectivity index (χ2v) is 6.83. The Morgan fingerprint density at radius 1 is 1.08 bits per heavy atom. The quantitative estimate of drug-likeness (QED) is 0.739. The van der Waals surface area contributed by atoms with E-state index in [1.54, 1.807) is 12.1 Å². The Morgan fingerprint density at radius 2 is 1.75 bits per heavy atom. The lowest BCUT2D eigenvalue weighted by atomic mass is 9.86. The minimum Gasteiger partial charge on any atom is -0.464 e. The topological polar surface area (TPSA) is 31.6 Å². The van der Waals surface area contributed by atoms with Crippen molar-refractivity contribution in [2.45, 2.75) is 38.9 Å². The van der Waals surface area contributed by atoms with Crippen molar-refractivity contribution in [1.29, 1.82) is 0 Å². The molecule has 0 spiro atoms. The molecule has 0 unspecified atom stereocenters. The maximum Gasteiger partial charge on any atom is 0.525 e. The van der Waals surface area contributed by atoms with E-state index in [1.807, 2.05) is 27.7 Å². The van der Waals surface area contributed by atoms with Gasteiger partial charge < -0.3 is 13.7 Å². The molecule has 0 amide bonds. The Hall–Kier alpha value is -1.92. The van der Waals surface area contributed by atoms with Crippen molar-refractivity contribution >= 4 is 13.2 Å². The first-order valence-electron chi connectivity index (χ1n) is 7.76. The molecule has 0 atom stereocenters. The number of hydrogen-bond donors (Lipinski definition) is 0. The average Bonchev–Trinajstić information content (AvgIpc) is 3.08. The highest BCUT2D eigenvalue weighted by Gasteiger charge is 2.53. The molecule has 2 aromatic rings. The van der Waals surface area contributed by atoms with Gasteiger partial charge in [-0.2, -0.15) is 0 Å². The first-order valence-corrected chi connectivity index (χ1v) is 7.76. The van der Waals surface area contributed by atoms with E-state index in [9.17, 15) is 8.78 Å². The first-order chi connectivity index (χ1) is 11.2. The minimum absolute atomic E-state index is 0.274. The van der Waals surface area contributed by atoms with Gasteiger partial charge in [0.1, 0.15) is 17.3 Å². The Kier molecular flexibility index (Phi) is 4.14. The third kappa shape index (κ3) is 3.04. The molecule has 126 valence electrons. The summed E-state index contributed by atoms with van der Waals surface area (Å²) in [4.78, 5) is 0. The molecule has 1 aromatic heterocycles. The fourth-order valence-electron chi connectivity index (χ4n) is 2.44. The number of halogens is 2. The van der Waals surface area contributed by atoms with Crippen molar-refractivity contribution < 1.29 is 22.5 Å². The number of furan rings is 1. The third-order valence-corrected chi connectivity index (χ3v) is 4.56. The van der Waals surface area contributed by atoms with Gasteiger partial charge in [0.15, 0.2) is 0 Å². The molecule has 1 fully saturated rings. The highest BCUT2D eigenvalue weighted by atomic mass is 19.1. The van der Waals surface area contributed by atoms with Crippen LogP contribution in [-0.4, -0.2) is 18.3 Å². The van der Waals surface area contributed by atoms with E-state index in [4.69, 9.17) is 13.7 Å². The molecule has 0 N–H and O–H groups in total. The van der Waals surface area contributed by atoms with E-state index in [1.165, 1.54) is 30.5 Å². The lowest BCUT2D eigenvalue weighted by molar-refractivity contribution is 0.00578. The summed E-state index contributed by atoms with van der Waals surface area (Å²) in [6.45, 7) is 7.42. The van der Waals surface area contributed by atoms with Crippen molar-refractivity contribution in [2.75, 3.05) is 0 Å². The number of hydrogen-bond acceptors (Lipinski definition) is 3. The molecular weight excluding hydrogens is 313 g/mol. The maximum atomic E-state index is 14.5. The molecule has 0 bridgehead atoms. The van der Waals surface area contributed by atoms with Crippen molar-refractivity contribution in [2.24, 2.45) is 0 Å². The second kappa shape index (κ2) is 5.86. The van der Waals surface area contributed by atoms with Gasteiger partial charge in [0.25, 0.3) is 0 Å². The zero-order valence-corrected chi connectivity index (χ0v) is 14.1. The molecule has 1 aliphatic heterocycles. The van der Waals surface area contributed by atoms with Crippen LogP contribution in [-0.2, 0) is 9.31 Å². The van der Waals surface area contributed by atoms with Crippen LogP contribution in [0.1, 0.15) is 33.3 Å². The Bertz CT molecular complexity index is 751. The monoisotopic (exact) mass is 332 g/mol. The van der Waals surface area contributed by atoms with Crippen molar-refractivity contribution in [3.05, 3.63) is 53.7 Å². The fraction of sp³-hybridized carbons (Fsp3) is 0.333. The largest absolute Gasteiger partial charge is 0.525 e. The predicted molar refractivity (Wildman–Crippen MR) is 89.3 cm³/mol. The molecule has 2 heterocycles. The molecule has 6 heteroatoms. The van der Waals surface area contributed by atoms with Gasteiger partial charge in [0.2, 0.25) is 0 Å². The van der Waals surface area contributed by atoms with E-state index in [0.717, 1.165) is 0 Å². The van der Waals surface area contributed by atoms with Gasteiger partial charge in [-0.15, -0.1) is 0 Å². The fourth-order valence-corrected chi connectivity index (χ4v) is 2.44. The summed E-state index contributed by atoms with van der Waals surface area (Å²) in [5.41, 5.74) is -1.04. The van der Waals surface area contributed by atoms with Crippen LogP contribution in [0, 0.1) is 5.82 Å². The Morgan fingerprint density at radius 3 is 2.33 bits per heavy atom. The van der Waals surface area contributed by atoms with Crippen molar-refractivity contribution in [3.63, 3.8) is 0 Å². The lowest BCUT2D eigenvalue weighted by Gasteiger charge is -2.32. The highest BCUT2D eigenvalue weighted by molar-refractivity contribution is 6.54. The highest BCUT2D eigenvalue weighted by Crippen LogP contribution is 2.39. The van der Waals surface area contributed by atoms with Gasteiger partial charge in [0, 0.05) is 0 Å². The van der Waals surface area contributed by atoms with Crippen molar-refractivity contribution in [1.82, 2.24) is 0 Å². The van der Waals surface area contributed by atoms with Gasteiger partial charge >= 0.3 is 7.12 Å². The van der Waals surface area contributed by atoms with E-state index >= 15 is 0 Å². The summed E-state index contributed by atoms with van der Waals surface area (Å²) in [6.07, 6.45) is 2.75. The normalized spacial score (nSPS) is 19.8. The number of rotatable bonds is 3. The second-order valence-electron chi connectivity index (χ2n) is 6.83. The molecule has 1 aromatic carbocycles. The van der Waals surface area contributed by atoms with Crippen LogP contribution in [0.25, 0.3) is 17.4 Å². The van der Waals surface area contributed by atoms with Gasteiger partial charge in [-0.05, 0) is 63.6 Å². The molecule has 3 nitrogen and oxygen atoms in total. The summed E-state index contributed by atoms with van der Waals surface area (Å²) >= 11 is 0. The summed E-state index contributed by atoms with van der Waals surface area (Å²) < 4.78 is 45.0. The molecular formula is C18H19BF2O3. The first kappa shape index (κ1) is 16.9. The van der Waals surface area contributed by atoms with E-state index in [-0.39, 0.29) is 5.56 Å². The zero-order chi connectivity index (χ0) is 17.5. The van der Waals surface area contributed by atoms with E-state index in [2.05, 4.69) is 0 Å². The van der Waals surface area contributed by atoms with Crippen molar-refractivity contribution in [3.8, 4) is 11.3 Å². The van der Waals surface area contributed by atoms with Crippen LogP contribution in [0.15, 0.2) is 46.7 Å². The van der Waals surface area contributed by atoms with E-state index in [0.29, 0.717) is 11.3 Å². The Labute approximate surface area is 140 Å². The lowest BCUT2D eigenvalue weighted by Crippen LogP contribution is -2.41. The maximum absolute atomic E-state index is 14.5. The molecule has 0 saturated carbocycles. The minimum atomic E-state index is -1.08. The number of benzene rings is 1. The van der Waals surface area contributed by atoms with Gasteiger partial charge in [-0.1, -0.05) is 6.07 Å². The molecule has 1 aliphatic rings. The summed E-state index contributed by atoms with van der Waals surface area (Å²) in [6, 6.07) is 7.62. The summed E-state index contributed by atoms with van der Waals surface area (Å²) in [5, 5.41) is 0. The van der Waals surface area contributed by atoms with Crippen LogP contribution >= 0.6 is 0 Å². The summed E-state index contributed by atoms with van der Waals surface area (Å²) in [5.74, 6) is -0.0445. The Balaban J connectivity index is 1.88. The summed E-state index contributed by atoms with van der Waals surface area (Å²) in [7, 11) is -1.08. The molecule has 3 rings (SSSR count). The van der Waals surface area contributed by atoms with Gasteiger partial charge in [0.05, 0.1) is 23.0 Å². The van der Waals surface area contributed by atoms with Crippen LogP contribution in [0.5, 0.6) is 0 Å². The predicted octanol–water partition coefficient (Wildman–Crippen LogP) is 5.03. The van der Waals surface area contributed by atoms with Gasteiger partial charge in [-0.25, -0.2) is 8.78 Å².